The van der Waals surface area contributed by atoms with Crippen molar-refractivity contribution in [1.82, 2.24) is 0 Å². The molecule has 3 nitrogen and oxygen atoms in total. The number of ketones is 1. The van der Waals surface area contributed by atoms with Crippen LogP contribution in [0.15, 0.2) is 24.3 Å². The molecule has 0 amide bonds. The second-order valence-corrected chi connectivity index (χ2v) is 3.75. The molecule has 0 heterocycles. The first-order chi connectivity index (χ1) is 8.67. The molecule has 0 N–H and O–H groups in total. The SMILES string of the molecule is COc1cc(/C=C/C(C)=O)ccc1OCCCF. The Morgan fingerprint density at radius 3 is 2.78 bits per heavy atom. The Morgan fingerprint density at radius 1 is 1.39 bits per heavy atom. The lowest BCUT2D eigenvalue weighted by molar-refractivity contribution is -0.112. The summed E-state index contributed by atoms with van der Waals surface area (Å²) in [6.07, 6.45) is 3.55. The van der Waals surface area contributed by atoms with E-state index < -0.39 is 6.67 Å². The van der Waals surface area contributed by atoms with Crippen molar-refractivity contribution in [3.63, 3.8) is 0 Å². The summed E-state index contributed by atoms with van der Waals surface area (Å²) in [5.74, 6) is 1.13. The van der Waals surface area contributed by atoms with Crippen molar-refractivity contribution in [2.75, 3.05) is 20.4 Å². The molecule has 0 saturated carbocycles. The molecule has 0 aromatic heterocycles. The highest BCUT2D eigenvalue weighted by Crippen LogP contribution is 2.28. The zero-order valence-corrected chi connectivity index (χ0v) is 10.6. The Hall–Kier alpha value is -1.84. The molecule has 1 rings (SSSR count). The lowest BCUT2D eigenvalue weighted by atomic mass is 10.1. The second-order valence-electron chi connectivity index (χ2n) is 3.75. The van der Waals surface area contributed by atoms with Gasteiger partial charge < -0.3 is 9.47 Å². The van der Waals surface area contributed by atoms with E-state index in [0.717, 1.165) is 5.56 Å². The Balaban J connectivity index is 2.79. The van der Waals surface area contributed by atoms with Gasteiger partial charge in [-0.25, -0.2) is 0 Å². The van der Waals surface area contributed by atoms with Crippen LogP contribution in [0, 0.1) is 0 Å². The normalized spacial score (nSPS) is 10.6. The van der Waals surface area contributed by atoms with E-state index >= 15 is 0 Å². The van der Waals surface area contributed by atoms with Gasteiger partial charge in [0.15, 0.2) is 17.3 Å². The van der Waals surface area contributed by atoms with E-state index in [0.29, 0.717) is 24.5 Å². The van der Waals surface area contributed by atoms with Crippen LogP contribution in [-0.2, 0) is 4.79 Å². The molecule has 0 fully saturated rings. The van der Waals surface area contributed by atoms with Gasteiger partial charge in [-0.1, -0.05) is 12.1 Å². The van der Waals surface area contributed by atoms with E-state index in [1.165, 1.54) is 20.1 Å². The zero-order valence-electron chi connectivity index (χ0n) is 10.6. The summed E-state index contributed by atoms with van der Waals surface area (Å²) in [4.78, 5) is 10.8. The maximum Gasteiger partial charge on any atom is 0.161 e. The lowest BCUT2D eigenvalue weighted by Crippen LogP contribution is -2.00. The molecule has 1 aromatic carbocycles. The first-order valence-electron chi connectivity index (χ1n) is 5.73. The fourth-order valence-electron chi connectivity index (χ4n) is 1.36. The van der Waals surface area contributed by atoms with Crippen LogP contribution in [-0.4, -0.2) is 26.2 Å². The van der Waals surface area contributed by atoms with E-state index in [1.807, 2.05) is 6.07 Å². The van der Waals surface area contributed by atoms with Gasteiger partial charge in [0.05, 0.1) is 20.4 Å². The van der Waals surface area contributed by atoms with Crippen molar-refractivity contribution >= 4 is 11.9 Å². The zero-order chi connectivity index (χ0) is 13.4. The fraction of sp³-hybridized carbons (Fsp3) is 0.357. The van der Waals surface area contributed by atoms with Gasteiger partial charge in [-0.05, 0) is 30.7 Å². The predicted molar refractivity (Wildman–Crippen MR) is 68.8 cm³/mol. The summed E-state index contributed by atoms with van der Waals surface area (Å²) < 4.78 is 22.5. The molecule has 0 radical (unpaired) electrons. The van der Waals surface area contributed by atoms with E-state index in [-0.39, 0.29) is 5.78 Å². The second kappa shape index (κ2) is 7.48. The van der Waals surface area contributed by atoms with Gasteiger partial charge in [0.2, 0.25) is 0 Å². The Morgan fingerprint density at radius 2 is 2.17 bits per heavy atom. The number of hydrogen-bond donors (Lipinski definition) is 0. The summed E-state index contributed by atoms with van der Waals surface area (Å²) in [5.41, 5.74) is 0.847. The average Bonchev–Trinajstić information content (AvgIpc) is 2.37. The van der Waals surface area contributed by atoms with Gasteiger partial charge in [-0.2, -0.15) is 0 Å². The Bertz CT molecular complexity index is 427. The molecule has 1 aromatic rings. The van der Waals surface area contributed by atoms with Crippen molar-refractivity contribution in [3.05, 3.63) is 29.8 Å². The maximum atomic E-state index is 12.0. The van der Waals surface area contributed by atoms with Gasteiger partial charge >= 0.3 is 0 Å². The van der Waals surface area contributed by atoms with Crippen LogP contribution in [0.25, 0.3) is 6.08 Å². The molecule has 0 saturated heterocycles. The van der Waals surface area contributed by atoms with E-state index in [9.17, 15) is 9.18 Å². The van der Waals surface area contributed by atoms with E-state index in [2.05, 4.69) is 0 Å². The number of halogens is 1. The quantitative estimate of drug-likeness (QED) is 0.552. The summed E-state index contributed by atoms with van der Waals surface area (Å²) in [6, 6.07) is 5.33. The minimum absolute atomic E-state index is 0.0164. The summed E-state index contributed by atoms with van der Waals surface area (Å²) in [6.45, 7) is 1.40. The minimum Gasteiger partial charge on any atom is -0.493 e. The Labute approximate surface area is 106 Å². The molecule has 0 aliphatic carbocycles. The standard InChI is InChI=1S/C14H17FO3/c1-11(16)4-5-12-6-7-13(14(10-12)17-2)18-9-3-8-15/h4-7,10H,3,8-9H2,1-2H3/b5-4+. The van der Waals surface area contributed by atoms with Crippen molar-refractivity contribution in [3.8, 4) is 11.5 Å². The van der Waals surface area contributed by atoms with Crippen LogP contribution in [0.3, 0.4) is 0 Å². The highest BCUT2D eigenvalue weighted by Gasteiger charge is 2.04. The number of methoxy groups -OCH3 is 1. The summed E-state index contributed by atoms with van der Waals surface area (Å²) in [7, 11) is 1.54. The number of benzene rings is 1. The van der Waals surface area contributed by atoms with Crippen LogP contribution in [0.4, 0.5) is 4.39 Å². The van der Waals surface area contributed by atoms with E-state index in [1.54, 1.807) is 18.2 Å². The average molecular weight is 252 g/mol. The van der Waals surface area contributed by atoms with Crippen LogP contribution in [0.5, 0.6) is 11.5 Å². The van der Waals surface area contributed by atoms with E-state index in [4.69, 9.17) is 9.47 Å². The number of ether oxygens (including phenoxy) is 2. The van der Waals surface area contributed by atoms with Gasteiger partial charge in [0, 0.05) is 6.42 Å². The summed E-state index contributed by atoms with van der Waals surface area (Å²) in [5, 5.41) is 0. The lowest BCUT2D eigenvalue weighted by Gasteiger charge is -2.10. The van der Waals surface area contributed by atoms with Crippen molar-refractivity contribution in [1.29, 1.82) is 0 Å². The van der Waals surface area contributed by atoms with Crippen LogP contribution in [0.2, 0.25) is 0 Å². The molecular weight excluding hydrogens is 235 g/mol. The van der Waals surface area contributed by atoms with Crippen molar-refractivity contribution in [2.45, 2.75) is 13.3 Å². The first-order valence-corrected chi connectivity index (χ1v) is 5.73. The number of carbonyl (C=O) groups excluding carboxylic acids is 1. The first kappa shape index (κ1) is 14.2. The molecule has 0 aliphatic heterocycles. The molecular formula is C14H17FO3. The number of hydrogen-bond acceptors (Lipinski definition) is 3. The molecule has 0 atom stereocenters. The molecule has 0 spiro atoms. The summed E-state index contributed by atoms with van der Waals surface area (Å²) >= 11 is 0. The molecule has 0 aliphatic rings. The van der Waals surface area contributed by atoms with Crippen molar-refractivity contribution < 1.29 is 18.7 Å². The molecule has 0 unspecified atom stereocenters. The minimum atomic E-state index is -0.401. The molecule has 4 heteroatoms. The smallest absolute Gasteiger partial charge is 0.161 e. The third-order valence-corrected chi connectivity index (χ3v) is 2.23. The Kier molecular flexibility index (Phi) is 5.91. The van der Waals surface area contributed by atoms with Gasteiger partial charge in [0.1, 0.15) is 0 Å². The third kappa shape index (κ3) is 4.57. The van der Waals surface area contributed by atoms with Gasteiger partial charge in [0.25, 0.3) is 0 Å². The monoisotopic (exact) mass is 252 g/mol. The molecule has 0 bridgehead atoms. The number of allylic oxidation sites excluding steroid dienone is 1. The van der Waals surface area contributed by atoms with Crippen LogP contribution in [0.1, 0.15) is 18.9 Å². The van der Waals surface area contributed by atoms with Crippen LogP contribution < -0.4 is 9.47 Å². The van der Waals surface area contributed by atoms with Crippen LogP contribution >= 0.6 is 0 Å². The maximum absolute atomic E-state index is 12.0. The third-order valence-electron chi connectivity index (χ3n) is 2.23. The number of alkyl halides is 1. The topological polar surface area (TPSA) is 35.5 Å². The van der Waals surface area contributed by atoms with Crippen molar-refractivity contribution in [2.24, 2.45) is 0 Å². The highest BCUT2D eigenvalue weighted by molar-refractivity contribution is 5.91. The predicted octanol–water partition coefficient (Wildman–Crippen LogP) is 3.04. The van der Waals surface area contributed by atoms with Gasteiger partial charge in [-0.3, -0.25) is 9.18 Å². The number of rotatable bonds is 7. The highest BCUT2D eigenvalue weighted by atomic mass is 19.1. The number of carbonyl (C=O) groups is 1. The van der Waals surface area contributed by atoms with Gasteiger partial charge in [-0.15, -0.1) is 0 Å². The largest absolute Gasteiger partial charge is 0.493 e. The fourth-order valence-corrected chi connectivity index (χ4v) is 1.36. The molecule has 18 heavy (non-hydrogen) atoms. The molecule has 98 valence electrons.